The largest absolute Gasteiger partial charge is 0.383 e. The van der Waals surface area contributed by atoms with E-state index in [1.165, 1.54) is 0 Å². The molecule has 1 heterocycles. The third-order valence-corrected chi connectivity index (χ3v) is 6.78. The number of carbonyl (C=O) groups excluding carboxylic acids is 1. The van der Waals surface area contributed by atoms with E-state index in [4.69, 9.17) is 20.2 Å². The standard InChI is InChI=1S/C21H26N4O3/c1-27-10-9-25-18(26)21(24-19(25)23)17-11-14(13-22)3-4-15(17)12-20(21)7-5-16(28-2)6-8-20/h3-4,11,16H,5-10,12H2,1-2H3,(H2,23,24). The van der Waals surface area contributed by atoms with Gasteiger partial charge in [0, 0.05) is 19.6 Å². The molecule has 1 aliphatic heterocycles. The van der Waals surface area contributed by atoms with Crippen molar-refractivity contribution >= 4 is 11.9 Å². The van der Waals surface area contributed by atoms with Crippen LogP contribution in [0.25, 0.3) is 0 Å². The Morgan fingerprint density at radius 2 is 2.11 bits per heavy atom. The van der Waals surface area contributed by atoms with Crippen molar-refractivity contribution in [1.29, 1.82) is 5.26 Å². The maximum Gasteiger partial charge on any atom is 0.262 e. The van der Waals surface area contributed by atoms with Crippen molar-refractivity contribution in [2.75, 3.05) is 27.4 Å². The van der Waals surface area contributed by atoms with Gasteiger partial charge in [0.25, 0.3) is 5.91 Å². The van der Waals surface area contributed by atoms with Gasteiger partial charge in [0.2, 0.25) is 0 Å². The second kappa shape index (κ2) is 6.87. The van der Waals surface area contributed by atoms with Crippen molar-refractivity contribution < 1.29 is 14.3 Å². The molecular weight excluding hydrogens is 356 g/mol. The van der Waals surface area contributed by atoms with Crippen LogP contribution in [0, 0.1) is 16.7 Å². The van der Waals surface area contributed by atoms with E-state index in [0.717, 1.165) is 43.2 Å². The quantitative estimate of drug-likeness (QED) is 0.854. The van der Waals surface area contributed by atoms with Gasteiger partial charge in [-0.25, -0.2) is 4.99 Å². The molecule has 1 unspecified atom stereocenters. The van der Waals surface area contributed by atoms with Gasteiger partial charge in [-0.3, -0.25) is 9.69 Å². The number of amides is 1. The predicted molar refractivity (Wildman–Crippen MR) is 103 cm³/mol. The summed E-state index contributed by atoms with van der Waals surface area (Å²) in [7, 11) is 3.34. The van der Waals surface area contributed by atoms with E-state index in [-0.39, 0.29) is 23.4 Å². The number of nitrogens with zero attached hydrogens (tertiary/aromatic N) is 3. The smallest absolute Gasteiger partial charge is 0.262 e. The van der Waals surface area contributed by atoms with Crippen molar-refractivity contribution in [2.45, 2.75) is 43.7 Å². The van der Waals surface area contributed by atoms with E-state index in [2.05, 4.69) is 6.07 Å². The van der Waals surface area contributed by atoms with Gasteiger partial charge in [-0.05, 0) is 55.4 Å². The number of carbonyl (C=O) groups is 1. The molecule has 3 aliphatic rings. The summed E-state index contributed by atoms with van der Waals surface area (Å²) in [4.78, 5) is 20.2. The van der Waals surface area contributed by atoms with Crippen molar-refractivity contribution in [2.24, 2.45) is 16.1 Å². The fourth-order valence-corrected chi connectivity index (χ4v) is 5.33. The topological polar surface area (TPSA) is 101 Å². The first kappa shape index (κ1) is 18.9. The Balaban J connectivity index is 1.84. The van der Waals surface area contributed by atoms with E-state index < -0.39 is 5.54 Å². The summed E-state index contributed by atoms with van der Waals surface area (Å²) in [5.41, 5.74) is 7.34. The molecule has 7 heteroatoms. The van der Waals surface area contributed by atoms with Crippen molar-refractivity contribution in [3.63, 3.8) is 0 Å². The van der Waals surface area contributed by atoms with E-state index in [0.29, 0.717) is 18.7 Å². The minimum absolute atomic E-state index is 0.0910. The number of rotatable bonds is 4. The monoisotopic (exact) mass is 382 g/mol. The second-order valence-electron chi connectivity index (χ2n) is 8.01. The van der Waals surface area contributed by atoms with Crippen LogP contribution in [-0.2, 0) is 26.2 Å². The Morgan fingerprint density at radius 1 is 1.36 bits per heavy atom. The molecule has 28 heavy (non-hydrogen) atoms. The Bertz CT molecular complexity index is 867. The zero-order chi connectivity index (χ0) is 19.9. The molecule has 0 aromatic heterocycles. The highest BCUT2D eigenvalue weighted by molar-refractivity contribution is 6.08. The molecule has 1 aromatic rings. The molecule has 1 saturated carbocycles. The fraction of sp³-hybridized carbons (Fsp3) is 0.571. The molecular formula is C21H26N4O3. The van der Waals surface area contributed by atoms with Crippen molar-refractivity contribution in [3.05, 3.63) is 34.9 Å². The van der Waals surface area contributed by atoms with Gasteiger partial charge in [0.1, 0.15) is 0 Å². The van der Waals surface area contributed by atoms with Gasteiger partial charge in [0.15, 0.2) is 11.5 Å². The molecule has 2 N–H and O–H groups in total. The van der Waals surface area contributed by atoms with Crippen LogP contribution in [0.4, 0.5) is 0 Å². The Labute approximate surface area is 165 Å². The van der Waals surface area contributed by atoms with Gasteiger partial charge in [-0.15, -0.1) is 0 Å². The molecule has 0 bridgehead atoms. The minimum Gasteiger partial charge on any atom is -0.383 e. The lowest BCUT2D eigenvalue weighted by Crippen LogP contribution is -2.52. The lowest BCUT2D eigenvalue weighted by atomic mass is 9.61. The molecule has 7 nitrogen and oxygen atoms in total. The number of nitriles is 1. The van der Waals surface area contributed by atoms with E-state index in [9.17, 15) is 10.1 Å². The lowest BCUT2D eigenvalue weighted by Gasteiger charge is -2.45. The molecule has 4 rings (SSSR count). The first-order valence-corrected chi connectivity index (χ1v) is 9.74. The number of hydrogen-bond acceptors (Lipinski definition) is 6. The van der Waals surface area contributed by atoms with E-state index >= 15 is 0 Å². The summed E-state index contributed by atoms with van der Waals surface area (Å²) < 4.78 is 10.7. The fourth-order valence-electron chi connectivity index (χ4n) is 5.33. The van der Waals surface area contributed by atoms with Crippen LogP contribution in [-0.4, -0.2) is 50.2 Å². The maximum atomic E-state index is 13.8. The summed E-state index contributed by atoms with van der Waals surface area (Å²) in [6.45, 7) is 0.762. The van der Waals surface area contributed by atoms with Gasteiger partial charge < -0.3 is 15.2 Å². The average molecular weight is 382 g/mol. The van der Waals surface area contributed by atoms with Gasteiger partial charge in [0.05, 0.1) is 30.9 Å². The number of ether oxygens (including phenoxy) is 2. The number of hydrogen-bond donors (Lipinski definition) is 1. The molecule has 2 aliphatic carbocycles. The zero-order valence-electron chi connectivity index (χ0n) is 16.4. The van der Waals surface area contributed by atoms with Crippen LogP contribution in [0.3, 0.4) is 0 Å². The van der Waals surface area contributed by atoms with E-state index in [1.54, 1.807) is 19.1 Å². The second-order valence-corrected chi connectivity index (χ2v) is 8.01. The first-order chi connectivity index (χ1) is 13.5. The van der Waals surface area contributed by atoms with Gasteiger partial charge in [-0.2, -0.15) is 5.26 Å². The molecule has 2 spiro atoms. The molecule has 1 atom stereocenters. The van der Waals surface area contributed by atoms with E-state index in [1.807, 2.05) is 18.2 Å². The number of aliphatic imine (C=N–C) groups is 1. The summed E-state index contributed by atoms with van der Waals surface area (Å²) in [6, 6.07) is 7.83. The molecule has 0 radical (unpaired) electrons. The molecule has 148 valence electrons. The van der Waals surface area contributed by atoms with Crippen LogP contribution >= 0.6 is 0 Å². The number of methoxy groups -OCH3 is 2. The summed E-state index contributed by atoms with van der Waals surface area (Å²) in [5, 5.41) is 9.42. The summed E-state index contributed by atoms with van der Waals surface area (Å²) in [5.74, 6) is 0.150. The summed E-state index contributed by atoms with van der Waals surface area (Å²) >= 11 is 0. The molecule has 0 saturated heterocycles. The Kier molecular flexibility index (Phi) is 4.64. The van der Waals surface area contributed by atoms with Crippen LogP contribution < -0.4 is 5.73 Å². The first-order valence-electron chi connectivity index (χ1n) is 9.74. The Morgan fingerprint density at radius 3 is 2.75 bits per heavy atom. The normalized spacial score (nSPS) is 31.3. The van der Waals surface area contributed by atoms with Crippen LogP contribution in [0.1, 0.15) is 42.4 Å². The highest BCUT2D eigenvalue weighted by atomic mass is 16.5. The van der Waals surface area contributed by atoms with Crippen molar-refractivity contribution in [3.8, 4) is 6.07 Å². The molecule has 1 fully saturated rings. The third kappa shape index (κ3) is 2.48. The number of guanidine groups is 1. The SMILES string of the molecule is COCCN1C(=O)C2(N=C1N)c1cc(C#N)ccc1CC21CCC(OC)CC1. The molecule has 1 aromatic carbocycles. The molecule has 1 amide bonds. The highest BCUT2D eigenvalue weighted by Gasteiger charge is 2.66. The highest BCUT2D eigenvalue weighted by Crippen LogP contribution is 2.61. The van der Waals surface area contributed by atoms with Crippen LogP contribution in [0.5, 0.6) is 0 Å². The third-order valence-electron chi connectivity index (χ3n) is 6.78. The number of benzene rings is 1. The maximum absolute atomic E-state index is 13.8. The number of fused-ring (bicyclic) bond motifs is 3. The van der Waals surface area contributed by atoms with Crippen LogP contribution in [0.15, 0.2) is 23.2 Å². The Hall–Kier alpha value is -2.43. The number of nitrogens with two attached hydrogens (primary N) is 1. The predicted octanol–water partition coefficient (Wildman–Crippen LogP) is 1.69. The minimum atomic E-state index is -1.05. The van der Waals surface area contributed by atoms with Crippen LogP contribution in [0.2, 0.25) is 0 Å². The average Bonchev–Trinajstić information content (AvgIpc) is 3.12. The van der Waals surface area contributed by atoms with Gasteiger partial charge in [-0.1, -0.05) is 6.07 Å². The zero-order valence-corrected chi connectivity index (χ0v) is 16.4. The van der Waals surface area contributed by atoms with Gasteiger partial charge >= 0.3 is 0 Å². The summed E-state index contributed by atoms with van der Waals surface area (Å²) in [6.07, 6.45) is 4.43. The lowest BCUT2D eigenvalue weighted by molar-refractivity contribution is -0.138. The van der Waals surface area contributed by atoms with Crippen molar-refractivity contribution in [1.82, 2.24) is 4.90 Å².